The maximum absolute atomic E-state index is 13.5. The molecule has 3 aromatic rings. The van der Waals surface area contributed by atoms with E-state index in [4.69, 9.17) is 5.73 Å². The number of amides is 2. The highest BCUT2D eigenvalue weighted by molar-refractivity contribution is 6.06. The minimum atomic E-state index is -0.663. The number of benzene rings is 2. The summed E-state index contributed by atoms with van der Waals surface area (Å²) in [6.45, 7) is 1.73. The second-order valence-electron chi connectivity index (χ2n) is 6.65. The molecule has 0 saturated carbocycles. The van der Waals surface area contributed by atoms with Crippen LogP contribution in [0.4, 0.5) is 15.9 Å². The Morgan fingerprint density at radius 3 is 2.48 bits per heavy atom. The largest absolute Gasteiger partial charge is 0.365 e. The van der Waals surface area contributed by atoms with Gasteiger partial charge in [0.2, 0.25) is 0 Å². The lowest BCUT2D eigenvalue weighted by Gasteiger charge is -2.30. The SMILES string of the molecule is CC1=C(C(=O)Nc2ccccc2)[C@@H](c2ccc(F)cc2)n2ncc(C(N)=O)c2N1. The van der Waals surface area contributed by atoms with E-state index in [1.807, 2.05) is 18.2 Å². The summed E-state index contributed by atoms with van der Waals surface area (Å²) in [5.41, 5.74) is 7.88. The zero-order chi connectivity index (χ0) is 20.5. The van der Waals surface area contributed by atoms with Gasteiger partial charge in [-0.1, -0.05) is 30.3 Å². The number of fused-ring (bicyclic) bond motifs is 1. The summed E-state index contributed by atoms with van der Waals surface area (Å²) in [4.78, 5) is 24.9. The van der Waals surface area contributed by atoms with Crippen LogP contribution in [0, 0.1) is 5.82 Å². The number of anilines is 2. The van der Waals surface area contributed by atoms with Gasteiger partial charge in [0.15, 0.2) is 0 Å². The van der Waals surface area contributed by atoms with Gasteiger partial charge in [0.05, 0.1) is 11.8 Å². The third-order valence-electron chi connectivity index (χ3n) is 4.75. The fourth-order valence-electron chi connectivity index (χ4n) is 3.40. The highest BCUT2D eigenvalue weighted by Crippen LogP contribution is 2.37. The highest BCUT2D eigenvalue weighted by atomic mass is 19.1. The van der Waals surface area contributed by atoms with Crippen LogP contribution >= 0.6 is 0 Å². The summed E-state index contributed by atoms with van der Waals surface area (Å²) in [7, 11) is 0. The van der Waals surface area contributed by atoms with Gasteiger partial charge < -0.3 is 16.4 Å². The van der Waals surface area contributed by atoms with E-state index in [1.54, 1.807) is 31.2 Å². The first-order valence-corrected chi connectivity index (χ1v) is 8.92. The molecule has 4 rings (SSSR count). The molecule has 0 saturated heterocycles. The van der Waals surface area contributed by atoms with Crippen molar-refractivity contribution in [3.63, 3.8) is 0 Å². The van der Waals surface area contributed by atoms with E-state index in [1.165, 1.54) is 23.0 Å². The third kappa shape index (κ3) is 3.36. The molecule has 29 heavy (non-hydrogen) atoms. The number of nitrogens with two attached hydrogens (primary N) is 1. The second-order valence-corrected chi connectivity index (χ2v) is 6.65. The topological polar surface area (TPSA) is 102 Å². The van der Waals surface area contributed by atoms with Gasteiger partial charge in [0.25, 0.3) is 11.8 Å². The summed E-state index contributed by atoms with van der Waals surface area (Å²) in [6.07, 6.45) is 1.35. The van der Waals surface area contributed by atoms with Crippen LogP contribution in [0.1, 0.15) is 28.9 Å². The number of hydrogen-bond acceptors (Lipinski definition) is 4. The van der Waals surface area contributed by atoms with Crippen molar-refractivity contribution in [3.05, 3.63) is 89.0 Å². The number of nitrogens with zero attached hydrogens (tertiary/aromatic N) is 2. The Kier molecular flexibility index (Phi) is 4.59. The maximum atomic E-state index is 13.5. The van der Waals surface area contributed by atoms with Gasteiger partial charge in [-0.25, -0.2) is 9.07 Å². The Morgan fingerprint density at radius 1 is 1.14 bits per heavy atom. The zero-order valence-corrected chi connectivity index (χ0v) is 15.5. The number of aromatic nitrogens is 2. The summed E-state index contributed by atoms with van der Waals surface area (Å²) in [5, 5.41) is 10.2. The number of para-hydroxylation sites is 1. The number of allylic oxidation sites excluding steroid dienone is 1. The molecule has 0 aliphatic carbocycles. The lowest BCUT2D eigenvalue weighted by Crippen LogP contribution is -2.32. The number of rotatable bonds is 4. The first-order chi connectivity index (χ1) is 14.0. The van der Waals surface area contributed by atoms with Crippen LogP contribution in [0.2, 0.25) is 0 Å². The molecule has 2 amide bonds. The van der Waals surface area contributed by atoms with E-state index in [2.05, 4.69) is 15.7 Å². The Morgan fingerprint density at radius 2 is 1.83 bits per heavy atom. The van der Waals surface area contributed by atoms with Crippen molar-refractivity contribution in [2.75, 3.05) is 10.6 Å². The van der Waals surface area contributed by atoms with Crippen LogP contribution in [0.15, 0.2) is 72.1 Å². The van der Waals surface area contributed by atoms with Crippen molar-refractivity contribution in [3.8, 4) is 0 Å². The van der Waals surface area contributed by atoms with Crippen LogP contribution in [-0.4, -0.2) is 21.6 Å². The number of nitrogens with one attached hydrogen (secondary N) is 2. The molecule has 0 radical (unpaired) electrons. The predicted molar refractivity (Wildman–Crippen MR) is 107 cm³/mol. The highest BCUT2D eigenvalue weighted by Gasteiger charge is 2.35. The average Bonchev–Trinajstić information content (AvgIpc) is 3.12. The van der Waals surface area contributed by atoms with Crippen LogP contribution in [0.25, 0.3) is 0 Å². The Labute approximate surface area is 166 Å². The van der Waals surface area contributed by atoms with E-state index < -0.39 is 17.8 Å². The van der Waals surface area contributed by atoms with Gasteiger partial charge in [-0.3, -0.25) is 9.59 Å². The van der Waals surface area contributed by atoms with Crippen molar-refractivity contribution in [2.24, 2.45) is 5.73 Å². The van der Waals surface area contributed by atoms with Crippen LogP contribution in [0.5, 0.6) is 0 Å². The first-order valence-electron chi connectivity index (χ1n) is 8.92. The summed E-state index contributed by atoms with van der Waals surface area (Å²) < 4.78 is 15.0. The summed E-state index contributed by atoms with van der Waals surface area (Å²) in [5.74, 6) is -0.975. The Hall–Kier alpha value is -3.94. The normalized spacial score (nSPS) is 15.4. The van der Waals surface area contributed by atoms with Crippen molar-refractivity contribution >= 4 is 23.3 Å². The van der Waals surface area contributed by atoms with Gasteiger partial charge in [0.1, 0.15) is 23.2 Å². The van der Waals surface area contributed by atoms with Gasteiger partial charge in [0, 0.05) is 11.4 Å². The summed E-state index contributed by atoms with van der Waals surface area (Å²) in [6, 6.07) is 14.2. The average molecular weight is 391 g/mol. The standard InChI is InChI=1S/C21H18FN5O2/c1-12-17(21(29)26-15-5-3-2-4-6-15)18(13-7-9-14(22)10-8-13)27-20(25-12)16(11-24-27)19(23)28/h2-11,18,25H,1H3,(H2,23,28)(H,26,29)/t18-/m1/s1. The van der Waals surface area contributed by atoms with E-state index in [-0.39, 0.29) is 11.5 Å². The van der Waals surface area contributed by atoms with Crippen molar-refractivity contribution in [1.29, 1.82) is 0 Å². The number of halogens is 1. The first kappa shape index (κ1) is 18.4. The maximum Gasteiger partial charge on any atom is 0.255 e. The van der Waals surface area contributed by atoms with E-state index >= 15 is 0 Å². The molecule has 1 aliphatic heterocycles. The molecule has 1 aliphatic rings. The number of hydrogen-bond donors (Lipinski definition) is 3. The van der Waals surface area contributed by atoms with Crippen LogP contribution in [-0.2, 0) is 4.79 Å². The quantitative estimate of drug-likeness (QED) is 0.636. The van der Waals surface area contributed by atoms with Crippen LogP contribution < -0.4 is 16.4 Å². The molecule has 0 spiro atoms. The van der Waals surface area contributed by atoms with Gasteiger partial charge in [-0.15, -0.1) is 0 Å². The Balaban J connectivity index is 1.82. The second kappa shape index (κ2) is 7.23. The number of carbonyl (C=O) groups excluding carboxylic acids is 2. The number of carbonyl (C=O) groups is 2. The molecule has 0 unspecified atom stereocenters. The lowest BCUT2D eigenvalue weighted by atomic mass is 9.94. The molecule has 4 N–H and O–H groups in total. The van der Waals surface area contributed by atoms with Crippen molar-refractivity contribution < 1.29 is 14.0 Å². The fourth-order valence-corrected chi connectivity index (χ4v) is 3.40. The van der Waals surface area contributed by atoms with Gasteiger partial charge in [-0.05, 0) is 36.8 Å². The van der Waals surface area contributed by atoms with Gasteiger partial charge >= 0.3 is 0 Å². The smallest absolute Gasteiger partial charge is 0.255 e. The predicted octanol–water partition coefficient (Wildman–Crippen LogP) is 3.05. The minimum absolute atomic E-state index is 0.207. The molecule has 1 aromatic heterocycles. The van der Waals surface area contributed by atoms with Crippen molar-refractivity contribution in [1.82, 2.24) is 9.78 Å². The third-order valence-corrected chi connectivity index (χ3v) is 4.75. The number of primary amides is 1. The Bertz CT molecular complexity index is 1120. The molecule has 2 heterocycles. The molecular formula is C21H18FN5O2. The minimum Gasteiger partial charge on any atom is -0.365 e. The molecule has 0 bridgehead atoms. The van der Waals surface area contributed by atoms with E-state index in [0.29, 0.717) is 28.3 Å². The molecule has 1 atom stereocenters. The molecular weight excluding hydrogens is 373 g/mol. The van der Waals surface area contributed by atoms with E-state index in [9.17, 15) is 14.0 Å². The fraction of sp³-hybridized carbons (Fsp3) is 0.0952. The monoisotopic (exact) mass is 391 g/mol. The van der Waals surface area contributed by atoms with Crippen molar-refractivity contribution in [2.45, 2.75) is 13.0 Å². The van der Waals surface area contributed by atoms with E-state index in [0.717, 1.165) is 0 Å². The molecule has 146 valence electrons. The molecule has 7 nitrogen and oxygen atoms in total. The van der Waals surface area contributed by atoms with Gasteiger partial charge in [-0.2, -0.15) is 5.10 Å². The molecule has 0 fully saturated rings. The van der Waals surface area contributed by atoms with Crippen LogP contribution in [0.3, 0.4) is 0 Å². The molecule has 8 heteroatoms. The lowest BCUT2D eigenvalue weighted by molar-refractivity contribution is -0.113. The molecule has 2 aromatic carbocycles. The summed E-state index contributed by atoms with van der Waals surface area (Å²) >= 11 is 0. The zero-order valence-electron chi connectivity index (χ0n) is 15.5.